The maximum atomic E-state index is 3.54. The minimum atomic E-state index is 1.23. The van der Waals surface area contributed by atoms with Gasteiger partial charge in [-0.2, -0.15) is 0 Å². The van der Waals surface area contributed by atoms with Crippen molar-refractivity contribution in [1.82, 2.24) is 5.32 Å². The van der Waals surface area contributed by atoms with Gasteiger partial charge in [-0.05, 0) is 25.9 Å². The first-order valence-electron chi connectivity index (χ1n) is 8.12. The first kappa shape index (κ1) is 17.0. The van der Waals surface area contributed by atoms with Gasteiger partial charge in [-0.3, -0.25) is 0 Å². The first-order chi connectivity index (χ1) is 8.41. The van der Waals surface area contributed by atoms with Crippen LogP contribution in [0, 0.1) is 0 Å². The van der Waals surface area contributed by atoms with Crippen LogP contribution >= 0.6 is 0 Å². The molecule has 1 nitrogen and oxygen atoms in total. The molecule has 0 aliphatic carbocycles. The lowest BCUT2D eigenvalue weighted by Crippen LogP contribution is -2.16. The van der Waals surface area contributed by atoms with Gasteiger partial charge in [0, 0.05) is 0 Å². The van der Waals surface area contributed by atoms with Crippen molar-refractivity contribution in [2.45, 2.75) is 90.9 Å². The van der Waals surface area contributed by atoms with E-state index in [1.165, 1.54) is 90.1 Å². The predicted octanol–water partition coefficient (Wildman–Crippen LogP) is 5.30. The zero-order chi connectivity index (χ0) is 12.6. The molecule has 0 amide bonds. The van der Waals surface area contributed by atoms with Crippen molar-refractivity contribution in [3.8, 4) is 0 Å². The molecule has 0 aliphatic heterocycles. The highest BCUT2D eigenvalue weighted by molar-refractivity contribution is 4.51. The Bertz CT molecular complexity index is 109. The van der Waals surface area contributed by atoms with Gasteiger partial charge in [-0.1, -0.05) is 78.1 Å². The third-order valence-electron chi connectivity index (χ3n) is 3.41. The van der Waals surface area contributed by atoms with Gasteiger partial charge in [0.2, 0.25) is 0 Å². The highest BCUT2D eigenvalue weighted by atomic mass is 14.8. The van der Waals surface area contributed by atoms with Gasteiger partial charge >= 0.3 is 0 Å². The predicted molar refractivity (Wildman–Crippen MR) is 79.6 cm³/mol. The Balaban J connectivity index is 2.85. The normalized spacial score (nSPS) is 10.9. The van der Waals surface area contributed by atoms with Crippen LogP contribution in [0.1, 0.15) is 90.9 Å². The zero-order valence-electron chi connectivity index (χ0n) is 12.4. The molecular weight excluding hydrogens is 206 g/mol. The zero-order valence-corrected chi connectivity index (χ0v) is 12.4. The Labute approximate surface area is 110 Å². The monoisotopic (exact) mass is 241 g/mol. The summed E-state index contributed by atoms with van der Waals surface area (Å²) in [7, 11) is 0. The van der Waals surface area contributed by atoms with Gasteiger partial charge in [-0.15, -0.1) is 0 Å². The molecule has 0 fully saturated rings. The van der Waals surface area contributed by atoms with Gasteiger partial charge in [0.25, 0.3) is 0 Å². The van der Waals surface area contributed by atoms with E-state index in [-0.39, 0.29) is 0 Å². The molecule has 1 N–H and O–H groups in total. The Morgan fingerprint density at radius 2 is 0.824 bits per heavy atom. The Morgan fingerprint density at radius 3 is 1.35 bits per heavy atom. The van der Waals surface area contributed by atoms with Crippen LogP contribution in [0.2, 0.25) is 0 Å². The summed E-state index contributed by atoms with van der Waals surface area (Å²) in [6.07, 6.45) is 16.9. The fourth-order valence-corrected chi connectivity index (χ4v) is 2.19. The second-order valence-corrected chi connectivity index (χ2v) is 5.29. The summed E-state index contributed by atoms with van der Waals surface area (Å²) in [5, 5.41) is 3.54. The molecule has 104 valence electrons. The minimum absolute atomic E-state index is 1.23. The van der Waals surface area contributed by atoms with Crippen molar-refractivity contribution in [2.24, 2.45) is 0 Å². The number of rotatable bonds is 14. The second kappa shape index (κ2) is 16.0. The summed E-state index contributed by atoms with van der Waals surface area (Å²) in [4.78, 5) is 0. The molecule has 0 aromatic heterocycles. The lowest BCUT2D eigenvalue weighted by atomic mass is 10.1. The number of hydrogen-bond acceptors (Lipinski definition) is 1. The smallest absolute Gasteiger partial charge is 0.00489 e. The molecule has 0 heterocycles. The molecule has 0 saturated heterocycles. The molecule has 0 aromatic carbocycles. The summed E-state index contributed by atoms with van der Waals surface area (Å²) < 4.78 is 0. The van der Waals surface area contributed by atoms with Crippen molar-refractivity contribution in [1.29, 1.82) is 0 Å². The molecule has 0 atom stereocenters. The lowest BCUT2D eigenvalue weighted by molar-refractivity contribution is 0.541. The third kappa shape index (κ3) is 16.0. The topological polar surface area (TPSA) is 12.0 Å². The van der Waals surface area contributed by atoms with Gasteiger partial charge in [0.1, 0.15) is 0 Å². The van der Waals surface area contributed by atoms with E-state index >= 15 is 0 Å². The number of unbranched alkanes of at least 4 members (excludes halogenated alkanes) is 10. The van der Waals surface area contributed by atoms with Crippen molar-refractivity contribution < 1.29 is 0 Å². The molecule has 0 spiro atoms. The van der Waals surface area contributed by atoms with Crippen LogP contribution in [0.15, 0.2) is 0 Å². The number of nitrogens with one attached hydrogen (secondary N) is 1. The highest BCUT2D eigenvalue weighted by Gasteiger charge is 1.92. The Morgan fingerprint density at radius 1 is 0.471 bits per heavy atom. The molecule has 17 heavy (non-hydrogen) atoms. The molecular formula is C16H35N. The Hall–Kier alpha value is -0.0400. The standard InChI is InChI=1S/C16H35N/c1-3-5-7-8-9-10-11-12-14-16-17-15-13-6-4-2/h17H,3-16H2,1-2H3. The fourth-order valence-electron chi connectivity index (χ4n) is 2.19. The van der Waals surface area contributed by atoms with Gasteiger partial charge in [0.15, 0.2) is 0 Å². The summed E-state index contributed by atoms with van der Waals surface area (Å²) in [6.45, 7) is 7.01. The van der Waals surface area contributed by atoms with Crippen LogP contribution in [0.5, 0.6) is 0 Å². The van der Waals surface area contributed by atoms with E-state index in [0.717, 1.165) is 0 Å². The minimum Gasteiger partial charge on any atom is -0.317 e. The number of hydrogen-bond donors (Lipinski definition) is 1. The van der Waals surface area contributed by atoms with Crippen molar-refractivity contribution in [2.75, 3.05) is 13.1 Å². The third-order valence-corrected chi connectivity index (χ3v) is 3.41. The molecule has 0 aromatic rings. The average molecular weight is 241 g/mol. The van der Waals surface area contributed by atoms with Gasteiger partial charge in [-0.25, -0.2) is 0 Å². The van der Waals surface area contributed by atoms with Crippen LogP contribution < -0.4 is 5.32 Å². The van der Waals surface area contributed by atoms with E-state index in [2.05, 4.69) is 19.2 Å². The van der Waals surface area contributed by atoms with Crippen LogP contribution in [-0.2, 0) is 0 Å². The maximum absolute atomic E-state index is 3.54. The van der Waals surface area contributed by atoms with E-state index in [1.807, 2.05) is 0 Å². The lowest BCUT2D eigenvalue weighted by Gasteiger charge is -2.04. The largest absolute Gasteiger partial charge is 0.317 e. The summed E-state index contributed by atoms with van der Waals surface area (Å²) >= 11 is 0. The first-order valence-corrected chi connectivity index (χ1v) is 8.12. The summed E-state index contributed by atoms with van der Waals surface area (Å²) in [6, 6.07) is 0. The molecule has 1 heteroatoms. The van der Waals surface area contributed by atoms with E-state index in [9.17, 15) is 0 Å². The molecule has 0 aliphatic rings. The summed E-state index contributed by atoms with van der Waals surface area (Å²) in [5.41, 5.74) is 0. The van der Waals surface area contributed by atoms with Crippen LogP contribution in [0.25, 0.3) is 0 Å². The molecule has 0 unspecified atom stereocenters. The van der Waals surface area contributed by atoms with Gasteiger partial charge < -0.3 is 5.32 Å². The fraction of sp³-hybridized carbons (Fsp3) is 1.00. The highest BCUT2D eigenvalue weighted by Crippen LogP contribution is 2.09. The molecule has 0 radical (unpaired) electrons. The quantitative estimate of drug-likeness (QED) is 0.407. The van der Waals surface area contributed by atoms with Crippen molar-refractivity contribution in [3.05, 3.63) is 0 Å². The van der Waals surface area contributed by atoms with Crippen LogP contribution in [0.3, 0.4) is 0 Å². The van der Waals surface area contributed by atoms with E-state index in [0.29, 0.717) is 0 Å². The van der Waals surface area contributed by atoms with Crippen molar-refractivity contribution >= 4 is 0 Å². The maximum Gasteiger partial charge on any atom is -0.00489 e. The van der Waals surface area contributed by atoms with Gasteiger partial charge in [0.05, 0.1) is 0 Å². The van der Waals surface area contributed by atoms with Crippen molar-refractivity contribution in [3.63, 3.8) is 0 Å². The molecule has 0 bridgehead atoms. The van der Waals surface area contributed by atoms with Crippen LogP contribution in [-0.4, -0.2) is 13.1 Å². The van der Waals surface area contributed by atoms with E-state index in [4.69, 9.17) is 0 Å². The molecule has 0 rings (SSSR count). The van der Waals surface area contributed by atoms with E-state index < -0.39 is 0 Å². The second-order valence-electron chi connectivity index (χ2n) is 5.29. The summed E-state index contributed by atoms with van der Waals surface area (Å²) in [5.74, 6) is 0. The average Bonchev–Trinajstić information content (AvgIpc) is 2.35. The van der Waals surface area contributed by atoms with E-state index in [1.54, 1.807) is 0 Å². The van der Waals surface area contributed by atoms with Crippen LogP contribution in [0.4, 0.5) is 0 Å². The Kier molecular flexibility index (Phi) is 15.9. The SMILES string of the molecule is CCCCCCCCCCCNCCCCC. The molecule has 0 saturated carbocycles.